The van der Waals surface area contributed by atoms with Crippen LogP contribution in [0.3, 0.4) is 0 Å². The van der Waals surface area contributed by atoms with Gasteiger partial charge in [-0.25, -0.2) is 4.98 Å². The summed E-state index contributed by atoms with van der Waals surface area (Å²) in [6.45, 7) is 4.03. The number of carbonyl (C=O) groups is 1. The molecule has 0 saturated heterocycles. The van der Waals surface area contributed by atoms with Gasteiger partial charge in [0, 0.05) is 18.1 Å². The number of aryl methyl sites for hydroxylation is 2. The van der Waals surface area contributed by atoms with Gasteiger partial charge < -0.3 is 5.32 Å². The number of carbonyl (C=O) groups excluding carboxylic acids is 1. The number of nitrogens with zero attached hydrogens (tertiary/aromatic N) is 2. The maximum absolute atomic E-state index is 12.6. The Labute approximate surface area is 164 Å². The molecule has 0 radical (unpaired) electrons. The van der Waals surface area contributed by atoms with E-state index in [9.17, 15) is 18.0 Å². The number of alkyl halides is 3. The average molecular weight is 405 g/mol. The van der Waals surface area contributed by atoms with Gasteiger partial charge in [-0.3, -0.25) is 9.36 Å². The predicted octanol–water partition coefficient (Wildman–Crippen LogP) is 5.24. The first-order valence-electron chi connectivity index (χ1n) is 8.45. The van der Waals surface area contributed by atoms with Gasteiger partial charge in [-0.2, -0.15) is 13.2 Å². The lowest BCUT2D eigenvalue weighted by Gasteiger charge is -2.11. The Morgan fingerprint density at radius 1 is 1.14 bits per heavy atom. The van der Waals surface area contributed by atoms with Crippen LogP contribution in [0.25, 0.3) is 5.69 Å². The van der Waals surface area contributed by atoms with Crippen LogP contribution in [0.2, 0.25) is 0 Å². The van der Waals surface area contributed by atoms with E-state index in [1.54, 1.807) is 6.20 Å². The number of thioether (sulfide) groups is 1. The zero-order valence-electron chi connectivity index (χ0n) is 15.2. The highest BCUT2D eigenvalue weighted by Gasteiger charge is 2.30. The van der Waals surface area contributed by atoms with Crippen molar-refractivity contribution in [2.24, 2.45) is 0 Å². The standard InChI is InChI=1S/C20H18F3N3OS/c1-13-3-8-17(14(2)11-13)26-10-9-24-19(26)28-12-18(27)25-16-6-4-15(5-7-16)20(21,22)23/h3-11H,12H2,1-2H3,(H,25,27). The first-order chi connectivity index (χ1) is 13.2. The largest absolute Gasteiger partial charge is 0.416 e. The lowest BCUT2D eigenvalue weighted by atomic mass is 10.1. The molecule has 28 heavy (non-hydrogen) atoms. The SMILES string of the molecule is Cc1ccc(-n2ccnc2SCC(=O)Nc2ccc(C(F)(F)F)cc2)c(C)c1. The van der Waals surface area contributed by atoms with E-state index in [0.29, 0.717) is 10.8 Å². The number of hydrogen-bond donors (Lipinski definition) is 1. The molecule has 1 heterocycles. The lowest BCUT2D eigenvalue weighted by molar-refractivity contribution is -0.137. The van der Waals surface area contributed by atoms with Gasteiger partial charge in [0.05, 0.1) is 17.0 Å². The minimum atomic E-state index is -4.40. The molecule has 1 aromatic heterocycles. The van der Waals surface area contributed by atoms with E-state index in [1.165, 1.54) is 23.9 Å². The average Bonchev–Trinajstić information content (AvgIpc) is 3.08. The highest BCUT2D eigenvalue weighted by Crippen LogP contribution is 2.30. The van der Waals surface area contributed by atoms with Crippen molar-refractivity contribution in [1.82, 2.24) is 9.55 Å². The number of anilines is 1. The number of imidazole rings is 1. The molecule has 0 fully saturated rings. The molecule has 8 heteroatoms. The summed E-state index contributed by atoms with van der Waals surface area (Å²) in [5, 5.41) is 3.26. The zero-order chi connectivity index (χ0) is 20.3. The number of halogens is 3. The topological polar surface area (TPSA) is 46.9 Å². The van der Waals surface area contributed by atoms with Crippen molar-refractivity contribution in [3.8, 4) is 5.69 Å². The van der Waals surface area contributed by atoms with Gasteiger partial charge in [-0.1, -0.05) is 29.5 Å². The van der Waals surface area contributed by atoms with Crippen molar-refractivity contribution in [2.75, 3.05) is 11.1 Å². The monoisotopic (exact) mass is 405 g/mol. The summed E-state index contributed by atoms with van der Waals surface area (Å²) in [4.78, 5) is 16.5. The second kappa shape index (κ2) is 8.10. The summed E-state index contributed by atoms with van der Waals surface area (Å²) in [5.41, 5.74) is 2.79. The van der Waals surface area contributed by atoms with Gasteiger partial charge in [-0.05, 0) is 49.7 Å². The van der Waals surface area contributed by atoms with Crippen molar-refractivity contribution in [3.63, 3.8) is 0 Å². The third kappa shape index (κ3) is 4.75. The van der Waals surface area contributed by atoms with Gasteiger partial charge in [-0.15, -0.1) is 0 Å². The minimum Gasteiger partial charge on any atom is -0.325 e. The zero-order valence-corrected chi connectivity index (χ0v) is 16.1. The third-order valence-electron chi connectivity index (χ3n) is 4.05. The Bertz CT molecular complexity index is 981. The van der Waals surface area contributed by atoms with Crippen LogP contribution in [0.4, 0.5) is 18.9 Å². The van der Waals surface area contributed by atoms with Crippen LogP contribution < -0.4 is 5.32 Å². The van der Waals surface area contributed by atoms with Gasteiger partial charge in [0.15, 0.2) is 5.16 Å². The second-order valence-corrected chi connectivity index (χ2v) is 7.22. The molecule has 2 aromatic carbocycles. The molecule has 146 valence electrons. The normalized spacial score (nSPS) is 11.5. The number of benzene rings is 2. The van der Waals surface area contributed by atoms with Crippen LogP contribution in [0.15, 0.2) is 60.0 Å². The molecule has 0 aliphatic rings. The molecule has 3 aromatic rings. The van der Waals surface area contributed by atoms with Crippen LogP contribution in [-0.2, 0) is 11.0 Å². The maximum Gasteiger partial charge on any atom is 0.416 e. The fourth-order valence-corrected chi connectivity index (χ4v) is 3.49. The predicted molar refractivity (Wildman–Crippen MR) is 104 cm³/mol. The van der Waals surface area contributed by atoms with Gasteiger partial charge in [0.1, 0.15) is 0 Å². The number of aromatic nitrogens is 2. The molecular weight excluding hydrogens is 387 g/mol. The Hall–Kier alpha value is -2.74. The molecule has 0 atom stereocenters. The molecular formula is C20H18F3N3OS. The van der Waals surface area contributed by atoms with Crippen LogP contribution >= 0.6 is 11.8 Å². The highest BCUT2D eigenvalue weighted by molar-refractivity contribution is 7.99. The summed E-state index contributed by atoms with van der Waals surface area (Å²) < 4.78 is 39.7. The molecule has 1 amide bonds. The summed E-state index contributed by atoms with van der Waals surface area (Å²) in [7, 11) is 0. The summed E-state index contributed by atoms with van der Waals surface area (Å²) in [6.07, 6.45) is -0.910. The molecule has 3 rings (SSSR count). The van der Waals surface area contributed by atoms with Crippen molar-refractivity contribution < 1.29 is 18.0 Å². The highest BCUT2D eigenvalue weighted by atomic mass is 32.2. The Morgan fingerprint density at radius 2 is 1.86 bits per heavy atom. The van der Waals surface area contributed by atoms with E-state index >= 15 is 0 Å². The number of rotatable bonds is 5. The quantitative estimate of drug-likeness (QED) is 0.591. The fourth-order valence-electron chi connectivity index (χ4n) is 2.73. The summed E-state index contributed by atoms with van der Waals surface area (Å²) in [6, 6.07) is 10.4. The first-order valence-corrected chi connectivity index (χ1v) is 9.43. The fraction of sp³-hybridized carbons (Fsp3) is 0.200. The van der Waals surface area contributed by atoms with E-state index in [2.05, 4.69) is 16.4 Å². The van der Waals surface area contributed by atoms with Gasteiger partial charge >= 0.3 is 6.18 Å². The molecule has 0 unspecified atom stereocenters. The minimum absolute atomic E-state index is 0.0863. The van der Waals surface area contributed by atoms with E-state index in [1.807, 2.05) is 36.7 Å². The smallest absolute Gasteiger partial charge is 0.325 e. The van der Waals surface area contributed by atoms with Crippen molar-refractivity contribution in [2.45, 2.75) is 25.2 Å². The molecule has 0 bridgehead atoms. The lowest BCUT2D eigenvalue weighted by Crippen LogP contribution is -2.15. The van der Waals surface area contributed by atoms with Gasteiger partial charge in [0.25, 0.3) is 0 Å². The van der Waals surface area contributed by atoms with Gasteiger partial charge in [0.2, 0.25) is 5.91 Å². The van der Waals surface area contributed by atoms with E-state index < -0.39 is 11.7 Å². The van der Waals surface area contributed by atoms with Crippen LogP contribution in [-0.4, -0.2) is 21.2 Å². The Morgan fingerprint density at radius 3 is 2.50 bits per heavy atom. The molecule has 0 saturated carbocycles. The second-order valence-electron chi connectivity index (χ2n) is 6.28. The molecule has 0 spiro atoms. The Kier molecular flexibility index (Phi) is 5.79. The third-order valence-corrected chi connectivity index (χ3v) is 5.01. The van der Waals surface area contributed by atoms with Crippen LogP contribution in [0, 0.1) is 13.8 Å². The van der Waals surface area contributed by atoms with Crippen molar-refractivity contribution in [1.29, 1.82) is 0 Å². The number of nitrogens with one attached hydrogen (secondary N) is 1. The summed E-state index contributed by atoms with van der Waals surface area (Å²) in [5.74, 6) is -0.233. The number of amides is 1. The van der Waals surface area contributed by atoms with Crippen molar-refractivity contribution in [3.05, 3.63) is 71.5 Å². The summed E-state index contributed by atoms with van der Waals surface area (Å²) >= 11 is 1.26. The van der Waals surface area contributed by atoms with Crippen LogP contribution in [0.1, 0.15) is 16.7 Å². The number of hydrogen-bond acceptors (Lipinski definition) is 3. The molecule has 1 N–H and O–H groups in total. The van der Waals surface area contributed by atoms with Crippen LogP contribution in [0.5, 0.6) is 0 Å². The van der Waals surface area contributed by atoms with Crippen molar-refractivity contribution >= 4 is 23.4 Å². The van der Waals surface area contributed by atoms with E-state index in [4.69, 9.17) is 0 Å². The Balaban J connectivity index is 1.64. The molecule has 0 aliphatic heterocycles. The maximum atomic E-state index is 12.6. The first kappa shape index (κ1) is 20.0. The van der Waals surface area contributed by atoms with E-state index in [-0.39, 0.29) is 11.7 Å². The molecule has 4 nitrogen and oxygen atoms in total. The molecule has 0 aliphatic carbocycles. The van der Waals surface area contributed by atoms with E-state index in [0.717, 1.165) is 28.9 Å².